The summed E-state index contributed by atoms with van der Waals surface area (Å²) in [5.41, 5.74) is 0.528. The molecule has 1 fully saturated rings. The smallest absolute Gasteiger partial charge is 0.245 e. The third-order valence-electron chi connectivity index (χ3n) is 3.19. The monoisotopic (exact) mass is 283 g/mol. The van der Waals surface area contributed by atoms with Crippen molar-refractivity contribution in [3.05, 3.63) is 24.3 Å². The minimum Gasteiger partial charge on any atom is -0.387 e. The van der Waals surface area contributed by atoms with Gasteiger partial charge in [-0.3, -0.25) is 4.79 Å². The van der Waals surface area contributed by atoms with Crippen LogP contribution in [0.4, 0.5) is 5.69 Å². The van der Waals surface area contributed by atoms with Gasteiger partial charge in [-0.2, -0.15) is 4.31 Å². The molecule has 2 N–H and O–H groups in total. The standard InChI is InChI=1S/C12H17N3O3S/c1-9-12(16)14-7-8-15(9)19(17,18)11-6-4-3-5-10(11)13-2/h3-6,9,13H,7-8H2,1-2H3,(H,14,16). The number of nitrogens with zero attached hydrogens (tertiary/aromatic N) is 1. The van der Waals surface area contributed by atoms with Crippen LogP contribution < -0.4 is 10.6 Å². The van der Waals surface area contributed by atoms with Gasteiger partial charge < -0.3 is 10.6 Å². The number of carbonyl (C=O) groups is 1. The predicted octanol–water partition coefficient (Wildman–Crippen LogP) is 0.237. The Balaban J connectivity index is 2.44. The fraction of sp³-hybridized carbons (Fsp3) is 0.417. The van der Waals surface area contributed by atoms with Gasteiger partial charge in [-0.25, -0.2) is 8.42 Å². The zero-order chi connectivity index (χ0) is 14.0. The maximum atomic E-state index is 12.6. The normalized spacial score (nSPS) is 20.9. The molecule has 0 bridgehead atoms. The predicted molar refractivity (Wildman–Crippen MR) is 72.4 cm³/mol. The van der Waals surface area contributed by atoms with E-state index in [9.17, 15) is 13.2 Å². The van der Waals surface area contributed by atoms with Crippen molar-refractivity contribution in [2.45, 2.75) is 17.9 Å². The van der Waals surface area contributed by atoms with Crippen LogP contribution in [0, 0.1) is 0 Å². The molecular formula is C12H17N3O3S. The van der Waals surface area contributed by atoms with Crippen LogP contribution in [0.1, 0.15) is 6.92 Å². The first kappa shape index (κ1) is 13.8. The molecule has 1 aromatic carbocycles. The number of benzene rings is 1. The van der Waals surface area contributed by atoms with Crippen molar-refractivity contribution in [2.24, 2.45) is 0 Å². The van der Waals surface area contributed by atoms with E-state index in [-0.39, 0.29) is 17.3 Å². The second kappa shape index (κ2) is 5.18. The van der Waals surface area contributed by atoms with Crippen LogP contribution in [0.15, 0.2) is 29.2 Å². The lowest BCUT2D eigenvalue weighted by Gasteiger charge is -2.32. The Labute approximate surface area is 112 Å². The van der Waals surface area contributed by atoms with Gasteiger partial charge in [0.25, 0.3) is 0 Å². The zero-order valence-corrected chi connectivity index (χ0v) is 11.7. The molecule has 1 heterocycles. The summed E-state index contributed by atoms with van der Waals surface area (Å²) in [5, 5.41) is 5.51. The average molecular weight is 283 g/mol. The number of nitrogens with one attached hydrogen (secondary N) is 2. The highest BCUT2D eigenvalue weighted by Crippen LogP contribution is 2.26. The first-order valence-corrected chi connectivity index (χ1v) is 7.49. The molecular weight excluding hydrogens is 266 g/mol. The second-order valence-electron chi connectivity index (χ2n) is 4.33. The molecule has 1 aliphatic rings. The van der Waals surface area contributed by atoms with Crippen molar-refractivity contribution in [1.29, 1.82) is 0 Å². The Hall–Kier alpha value is -1.60. The van der Waals surface area contributed by atoms with E-state index in [1.165, 1.54) is 4.31 Å². The van der Waals surface area contributed by atoms with E-state index in [4.69, 9.17) is 0 Å². The summed E-state index contributed by atoms with van der Waals surface area (Å²) in [7, 11) is -2.01. The third-order valence-corrected chi connectivity index (χ3v) is 5.21. The summed E-state index contributed by atoms with van der Waals surface area (Å²) in [6, 6.07) is 5.98. The number of sulfonamides is 1. The highest BCUT2D eigenvalue weighted by molar-refractivity contribution is 7.89. The van der Waals surface area contributed by atoms with Crippen molar-refractivity contribution in [3.63, 3.8) is 0 Å². The number of hydrogen-bond acceptors (Lipinski definition) is 4. The fourth-order valence-corrected chi connectivity index (χ4v) is 3.91. The number of carbonyl (C=O) groups excluding carboxylic acids is 1. The Morgan fingerprint density at radius 1 is 1.37 bits per heavy atom. The van der Waals surface area contributed by atoms with Gasteiger partial charge in [0.05, 0.1) is 5.69 Å². The lowest BCUT2D eigenvalue weighted by atomic mass is 10.2. The van der Waals surface area contributed by atoms with Crippen LogP contribution in [0.25, 0.3) is 0 Å². The Morgan fingerprint density at radius 3 is 2.74 bits per heavy atom. The van der Waals surface area contributed by atoms with E-state index in [1.54, 1.807) is 38.2 Å². The third kappa shape index (κ3) is 2.43. The van der Waals surface area contributed by atoms with E-state index in [0.717, 1.165) is 0 Å². The number of rotatable bonds is 3. The van der Waals surface area contributed by atoms with Gasteiger partial charge in [-0.1, -0.05) is 12.1 Å². The van der Waals surface area contributed by atoms with Crippen LogP contribution in [0.5, 0.6) is 0 Å². The lowest BCUT2D eigenvalue weighted by molar-refractivity contribution is -0.126. The molecule has 0 saturated carbocycles. The van der Waals surface area contributed by atoms with E-state index < -0.39 is 16.1 Å². The van der Waals surface area contributed by atoms with Crippen LogP contribution >= 0.6 is 0 Å². The first-order valence-electron chi connectivity index (χ1n) is 6.05. The molecule has 1 saturated heterocycles. The van der Waals surface area contributed by atoms with Gasteiger partial charge >= 0.3 is 0 Å². The number of hydrogen-bond donors (Lipinski definition) is 2. The number of amides is 1. The molecule has 7 heteroatoms. The SMILES string of the molecule is CNc1ccccc1S(=O)(=O)N1CCNC(=O)C1C. The van der Waals surface area contributed by atoms with Gasteiger partial charge in [0.1, 0.15) is 10.9 Å². The van der Waals surface area contributed by atoms with E-state index in [2.05, 4.69) is 10.6 Å². The maximum absolute atomic E-state index is 12.6. The largest absolute Gasteiger partial charge is 0.387 e. The molecule has 1 aromatic rings. The minimum atomic E-state index is -3.68. The molecule has 1 atom stereocenters. The number of piperazine rings is 1. The zero-order valence-electron chi connectivity index (χ0n) is 10.9. The Morgan fingerprint density at radius 2 is 2.05 bits per heavy atom. The first-order chi connectivity index (χ1) is 8.98. The van der Waals surface area contributed by atoms with Crippen LogP contribution in [0.2, 0.25) is 0 Å². The van der Waals surface area contributed by atoms with Gasteiger partial charge in [0, 0.05) is 20.1 Å². The maximum Gasteiger partial charge on any atom is 0.245 e. The molecule has 0 aliphatic carbocycles. The quantitative estimate of drug-likeness (QED) is 0.833. The molecule has 0 aromatic heterocycles. The highest BCUT2D eigenvalue weighted by atomic mass is 32.2. The van der Waals surface area contributed by atoms with E-state index in [0.29, 0.717) is 12.2 Å². The average Bonchev–Trinajstić information content (AvgIpc) is 2.41. The van der Waals surface area contributed by atoms with E-state index in [1.807, 2.05) is 0 Å². The topological polar surface area (TPSA) is 78.5 Å². The van der Waals surface area contributed by atoms with Crippen LogP contribution in [-0.2, 0) is 14.8 Å². The fourth-order valence-electron chi connectivity index (χ4n) is 2.11. The lowest BCUT2D eigenvalue weighted by Crippen LogP contribution is -2.55. The van der Waals surface area contributed by atoms with Crippen molar-refractivity contribution in [1.82, 2.24) is 9.62 Å². The summed E-state index contributed by atoms with van der Waals surface area (Å²) in [5.74, 6) is -0.267. The summed E-state index contributed by atoms with van der Waals surface area (Å²) in [6.07, 6.45) is 0. The van der Waals surface area contributed by atoms with Crippen molar-refractivity contribution >= 4 is 21.6 Å². The Bertz CT molecular complexity index is 586. The number of para-hydroxylation sites is 1. The highest BCUT2D eigenvalue weighted by Gasteiger charge is 2.36. The van der Waals surface area contributed by atoms with E-state index >= 15 is 0 Å². The molecule has 6 nitrogen and oxygen atoms in total. The molecule has 19 heavy (non-hydrogen) atoms. The second-order valence-corrected chi connectivity index (χ2v) is 6.19. The molecule has 1 amide bonds. The molecule has 1 unspecified atom stereocenters. The van der Waals surface area contributed by atoms with Crippen molar-refractivity contribution in [3.8, 4) is 0 Å². The minimum absolute atomic E-state index is 0.194. The van der Waals surface area contributed by atoms with Crippen molar-refractivity contribution in [2.75, 3.05) is 25.5 Å². The molecule has 1 aliphatic heterocycles. The van der Waals surface area contributed by atoms with Crippen molar-refractivity contribution < 1.29 is 13.2 Å². The van der Waals surface area contributed by atoms with Gasteiger partial charge in [-0.15, -0.1) is 0 Å². The summed E-state index contributed by atoms with van der Waals surface area (Å²) in [4.78, 5) is 11.8. The van der Waals surface area contributed by atoms with Gasteiger partial charge in [0.2, 0.25) is 15.9 Å². The summed E-state index contributed by atoms with van der Waals surface area (Å²) in [6.45, 7) is 2.21. The van der Waals surface area contributed by atoms with Crippen LogP contribution in [0.3, 0.4) is 0 Å². The molecule has 0 radical (unpaired) electrons. The molecule has 2 rings (SSSR count). The molecule has 0 spiro atoms. The summed E-state index contributed by atoms with van der Waals surface area (Å²) < 4.78 is 26.5. The molecule has 104 valence electrons. The Kier molecular flexibility index (Phi) is 3.77. The summed E-state index contributed by atoms with van der Waals surface area (Å²) >= 11 is 0. The van der Waals surface area contributed by atoms with Gasteiger partial charge in [0.15, 0.2) is 0 Å². The number of anilines is 1. The van der Waals surface area contributed by atoms with Gasteiger partial charge in [-0.05, 0) is 19.1 Å². The van der Waals surface area contributed by atoms with Crippen LogP contribution in [-0.4, -0.2) is 44.8 Å².